The third-order valence-electron chi connectivity index (χ3n) is 3.43. The lowest BCUT2D eigenvalue weighted by Gasteiger charge is -2.31. The molecule has 0 saturated carbocycles. The number of anilines is 1. The first-order valence-electron chi connectivity index (χ1n) is 7.32. The van der Waals surface area contributed by atoms with Crippen LogP contribution < -0.4 is 9.64 Å². The quantitative estimate of drug-likeness (QED) is 0.744. The first-order valence-corrected chi connectivity index (χ1v) is 7.32. The number of benzene rings is 1. The summed E-state index contributed by atoms with van der Waals surface area (Å²) in [6.07, 6.45) is 0. The van der Waals surface area contributed by atoms with Crippen molar-refractivity contribution in [2.75, 3.05) is 39.1 Å². The Bertz CT molecular complexity index is 719. The molecule has 0 aromatic heterocycles. The summed E-state index contributed by atoms with van der Waals surface area (Å²) >= 11 is 0. The number of carbonyl (C=O) groups is 2. The van der Waals surface area contributed by atoms with Crippen LogP contribution >= 0.6 is 0 Å². The number of methoxy groups -OCH3 is 2. The second-order valence-corrected chi connectivity index (χ2v) is 4.86. The van der Waals surface area contributed by atoms with E-state index >= 15 is 0 Å². The number of carbonyl (C=O) groups excluding carboxylic acids is 2. The van der Waals surface area contributed by atoms with Crippen molar-refractivity contribution in [3.63, 3.8) is 0 Å². The largest absolute Gasteiger partial charge is 0.491 e. The molecule has 1 aromatic carbocycles. The third kappa shape index (κ3) is 3.55. The maximum Gasteiger partial charge on any atom is 0.355 e. The van der Waals surface area contributed by atoms with Gasteiger partial charge in [0.1, 0.15) is 23.9 Å². The van der Waals surface area contributed by atoms with Crippen LogP contribution in [0.1, 0.15) is 6.92 Å². The minimum Gasteiger partial charge on any atom is -0.491 e. The Labute approximate surface area is 142 Å². The first-order chi connectivity index (χ1) is 12.0. The summed E-state index contributed by atoms with van der Waals surface area (Å²) in [6, 6.07) is 2.12. The molecule has 1 aliphatic heterocycles. The zero-order valence-electron chi connectivity index (χ0n) is 13.9. The van der Waals surface area contributed by atoms with E-state index in [2.05, 4.69) is 9.47 Å². The molecular weight excluding hydrogens is 340 g/mol. The third-order valence-corrected chi connectivity index (χ3v) is 3.43. The van der Waals surface area contributed by atoms with Crippen LogP contribution in [0.2, 0.25) is 0 Å². The number of esters is 2. The Hall–Kier alpha value is -2.68. The van der Waals surface area contributed by atoms with Crippen LogP contribution in [0.4, 0.5) is 14.5 Å². The molecule has 0 N–H and O–H groups in total. The molecule has 0 radical (unpaired) electrons. The van der Waals surface area contributed by atoms with E-state index in [0.717, 1.165) is 31.3 Å². The van der Waals surface area contributed by atoms with Gasteiger partial charge >= 0.3 is 11.9 Å². The van der Waals surface area contributed by atoms with Gasteiger partial charge in [0.15, 0.2) is 11.6 Å². The molecule has 25 heavy (non-hydrogen) atoms. The lowest BCUT2D eigenvalue weighted by Crippen LogP contribution is -2.39. The smallest absolute Gasteiger partial charge is 0.355 e. The zero-order chi connectivity index (χ0) is 18.6. The van der Waals surface area contributed by atoms with Crippen molar-refractivity contribution < 1.29 is 37.3 Å². The lowest BCUT2D eigenvalue weighted by molar-refractivity contribution is -0.140. The predicted molar refractivity (Wildman–Crippen MR) is 81.9 cm³/mol. The highest BCUT2D eigenvalue weighted by Crippen LogP contribution is 2.35. The molecule has 0 unspecified atom stereocenters. The molecule has 7 nitrogen and oxygen atoms in total. The molecule has 9 heteroatoms. The van der Waals surface area contributed by atoms with Crippen molar-refractivity contribution in [1.29, 1.82) is 0 Å². The van der Waals surface area contributed by atoms with Gasteiger partial charge in [0.2, 0.25) is 0 Å². The Morgan fingerprint density at radius 3 is 2.48 bits per heavy atom. The summed E-state index contributed by atoms with van der Waals surface area (Å²) in [5.74, 6) is -4.01. The minimum atomic E-state index is -1.03. The predicted octanol–water partition coefficient (Wildman–Crippen LogP) is 1.76. The molecule has 0 bridgehead atoms. The molecule has 0 aliphatic carbocycles. The second-order valence-electron chi connectivity index (χ2n) is 4.86. The average Bonchev–Trinajstić information content (AvgIpc) is 2.62. The van der Waals surface area contributed by atoms with E-state index < -0.39 is 29.3 Å². The number of ether oxygens (including phenoxy) is 4. The highest BCUT2D eigenvalue weighted by Gasteiger charge is 2.35. The van der Waals surface area contributed by atoms with E-state index in [1.807, 2.05) is 0 Å². The molecule has 0 atom stereocenters. The van der Waals surface area contributed by atoms with Crippen molar-refractivity contribution in [1.82, 2.24) is 0 Å². The number of nitrogens with zero attached hydrogens (tertiary/aromatic N) is 1. The van der Waals surface area contributed by atoms with E-state index in [4.69, 9.17) is 9.47 Å². The fourth-order valence-corrected chi connectivity index (χ4v) is 2.36. The van der Waals surface area contributed by atoms with Gasteiger partial charge in [-0.15, -0.1) is 0 Å². The van der Waals surface area contributed by atoms with Gasteiger partial charge in [-0.3, -0.25) is 0 Å². The van der Waals surface area contributed by atoms with Gasteiger partial charge in [0, 0.05) is 0 Å². The van der Waals surface area contributed by atoms with E-state index in [1.165, 1.54) is 0 Å². The van der Waals surface area contributed by atoms with E-state index in [-0.39, 0.29) is 37.0 Å². The summed E-state index contributed by atoms with van der Waals surface area (Å²) in [4.78, 5) is 24.9. The van der Waals surface area contributed by atoms with E-state index in [9.17, 15) is 18.4 Å². The van der Waals surface area contributed by atoms with E-state index in [0.29, 0.717) is 0 Å². The number of hydrogen-bond acceptors (Lipinski definition) is 7. The minimum absolute atomic E-state index is 0.158. The topological polar surface area (TPSA) is 74.3 Å². The van der Waals surface area contributed by atoms with E-state index in [1.54, 1.807) is 6.92 Å². The number of rotatable bonds is 5. The molecule has 0 saturated heterocycles. The Morgan fingerprint density at radius 1 is 1.20 bits per heavy atom. The highest BCUT2D eigenvalue weighted by molar-refractivity contribution is 6.03. The van der Waals surface area contributed by atoms with Crippen LogP contribution in [-0.4, -0.2) is 46.1 Å². The van der Waals surface area contributed by atoms with Gasteiger partial charge in [-0.05, 0) is 19.1 Å². The van der Waals surface area contributed by atoms with Crippen LogP contribution in [0.15, 0.2) is 23.4 Å². The molecule has 1 heterocycles. The fraction of sp³-hybridized carbons (Fsp3) is 0.375. The van der Waals surface area contributed by atoms with Gasteiger partial charge in [-0.25, -0.2) is 18.4 Å². The molecule has 0 spiro atoms. The van der Waals surface area contributed by atoms with Crippen LogP contribution in [0.5, 0.6) is 5.75 Å². The maximum absolute atomic E-state index is 14.7. The summed E-state index contributed by atoms with van der Waals surface area (Å²) in [7, 11) is 2.20. The summed E-state index contributed by atoms with van der Waals surface area (Å²) in [5, 5.41) is 0. The Kier molecular flexibility index (Phi) is 5.92. The SMILES string of the molecule is CCOc1ccc(F)c(N2COCC(C(=O)OC)=C2C(=O)OC)c1F. The molecule has 0 amide bonds. The fourth-order valence-electron chi connectivity index (χ4n) is 2.36. The molecule has 1 aliphatic rings. The molecule has 0 fully saturated rings. The second kappa shape index (κ2) is 7.93. The van der Waals surface area contributed by atoms with Crippen LogP contribution in [0.3, 0.4) is 0 Å². The molecule has 2 rings (SSSR count). The Balaban J connectivity index is 2.66. The van der Waals surface area contributed by atoms with Gasteiger partial charge in [0.05, 0.1) is 33.0 Å². The van der Waals surface area contributed by atoms with Crippen molar-refractivity contribution in [2.45, 2.75) is 6.92 Å². The Morgan fingerprint density at radius 2 is 1.88 bits per heavy atom. The van der Waals surface area contributed by atoms with Crippen molar-refractivity contribution >= 4 is 17.6 Å². The summed E-state index contributed by atoms with van der Waals surface area (Å²) in [6.45, 7) is 1.17. The molecule has 1 aromatic rings. The van der Waals surface area contributed by atoms with Crippen molar-refractivity contribution in [2.24, 2.45) is 0 Å². The zero-order valence-corrected chi connectivity index (χ0v) is 13.9. The molecular formula is C16H17F2NO6. The van der Waals surface area contributed by atoms with Crippen LogP contribution in [0, 0.1) is 11.6 Å². The van der Waals surface area contributed by atoms with Crippen molar-refractivity contribution in [3.8, 4) is 5.75 Å². The standard InChI is InChI=1S/C16H17F2NO6/c1-4-25-11-6-5-10(17)14(12(11)18)19-8-24-7-9(15(20)22-2)13(19)16(21)23-3/h5-6H,4,7-8H2,1-3H3. The highest BCUT2D eigenvalue weighted by atomic mass is 19.1. The van der Waals surface area contributed by atoms with Crippen LogP contribution in [0.25, 0.3) is 0 Å². The van der Waals surface area contributed by atoms with Gasteiger partial charge < -0.3 is 23.8 Å². The monoisotopic (exact) mass is 357 g/mol. The number of halogens is 2. The van der Waals surface area contributed by atoms with Crippen molar-refractivity contribution in [3.05, 3.63) is 35.0 Å². The lowest BCUT2D eigenvalue weighted by atomic mass is 10.1. The molecule has 136 valence electrons. The van der Waals surface area contributed by atoms with Gasteiger partial charge in [-0.1, -0.05) is 0 Å². The normalized spacial score (nSPS) is 14.4. The first kappa shape index (κ1) is 18.7. The van der Waals surface area contributed by atoms with Gasteiger partial charge in [-0.2, -0.15) is 0 Å². The average molecular weight is 357 g/mol. The number of hydrogen-bond donors (Lipinski definition) is 0. The summed E-state index contributed by atoms with van der Waals surface area (Å²) in [5.41, 5.74) is -1.15. The van der Waals surface area contributed by atoms with Gasteiger partial charge in [0.25, 0.3) is 0 Å². The maximum atomic E-state index is 14.7. The summed E-state index contributed by atoms with van der Waals surface area (Å²) < 4.78 is 48.6. The van der Waals surface area contributed by atoms with Crippen LogP contribution in [-0.2, 0) is 23.8 Å².